The number of fused-ring (bicyclic) bond motifs is 1. The van der Waals surface area contributed by atoms with Crippen LogP contribution in [0.25, 0.3) is 10.2 Å². The second kappa shape index (κ2) is 5.08. The minimum absolute atomic E-state index is 0.221. The minimum Gasteiger partial charge on any atom is -0.329 e. The lowest BCUT2D eigenvalue weighted by molar-refractivity contribution is 1.11. The van der Waals surface area contributed by atoms with Crippen LogP contribution in [0.5, 0.6) is 0 Å². The summed E-state index contributed by atoms with van der Waals surface area (Å²) in [5, 5.41) is 12.1. The molecule has 0 bridgehead atoms. The lowest BCUT2D eigenvalue weighted by Crippen LogP contribution is -2.12. The van der Waals surface area contributed by atoms with Crippen LogP contribution in [0.4, 0.5) is 11.5 Å². The van der Waals surface area contributed by atoms with Gasteiger partial charge in [0.25, 0.3) is 0 Å². The van der Waals surface area contributed by atoms with Crippen molar-refractivity contribution in [1.29, 1.82) is 5.26 Å². The van der Waals surface area contributed by atoms with E-state index in [1.54, 1.807) is 6.07 Å². The minimum atomic E-state index is 0.221. The molecule has 0 spiro atoms. The van der Waals surface area contributed by atoms with Gasteiger partial charge in [0, 0.05) is 12.7 Å². The van der Waals surface area contributed by atoms with Crippen molar-refractivity contribution in [3.05, 3.63) is 46.6 Å². The third kappa shape index (κ3) is 2.20. The largest absolute Gasteiger partial charge is 0.329 e. The van der Waals surface area contributed by atoms with Gasteiger partial charge in [0.05, 0.1) is 17.0 Å². The van der Waals surface area contributed by atoms with Crippen molar-refractivity contribution < 1.29 is 0 Å². The fourth-order valence-corrected chi connectivity index (χ4v) is 2.95. The zero-order valence-electron chi connectivity index (χ0n) is 10.5. The van der Waals surface area contributed by atoms with E-state index in [9.17, 15) is 0 Å². The number of anilines is 2. The summed E-state index contributed by atoms with van der Waals surface area (Å²) in [6.45, 7) is 0. The van der Waals surface area contributed by atoms with Crippen molar-refractivity contribution in [2.45, 2.75) is 0 Å². The molecule has 2 heterocycles. The van der Waals surface area contributed by atoms with Gasteiger partial charge >= 0.3 is 0 Å². The molecule has 6 heteroatoms. The van der Waals surface area contributed by atoms with Crippen molar-refractivity contribution in [3.8, 4) is 6.07 Å². The molecule has 0 radical (unpaired) electrons. The summed E-state index contributed by atoms with van der Waals surface area (Å²) in [7, 11) is 1.90. The summed E-state index contributed by atoms with van der Waals surface area (Å²) in [6, 6.07) is 11.5. The highest BCUT2D eigenvalue weighted by Crippen LogP contribution is 2.32. The monoisotopic (exact) mass is 300 g/mol. The van der Waals surface area contributed by atoms with E-state index < -0.39 is 0 Å². The summed E-state index contributed by atoms with van der Waals surface area (Å²) >= 11 is 7.50. The fraction of sp³-hybridized carbons (Fsp3) is 0.0714. The van der Waals surface area contributed by atoms with Crippen molar-refractivity contribution in [2.75, 3.05) is 11.9 Å². The molecular formula is C14H9ClN4S. The van der Waals surface area contributed by atoms with Crippen molar-refractivity contribution in [1.82, 2.24) is 9.97 Å². The van der Waals surface area contributed by atoms with E-state index in [0.29, 0.717) is 5.56 Å². The first-order valence-corrected chi connectivity index (χ1v) is 7.09. The Bertz CT molecular complexity index is 821. The Morgan fingerprint density at radius 3 is 2.95 bits per heavy atom. The summed E-state index contributed by atoms with van der Waals surface area (Å²) in [5.41, 5.74) is 1.49. The van der Waals surface area contributed by atoms with E-state index in [-0.39, 0.29) is 5.28 Å². The highest BCUT2D eigenvalue weighted by atomic mass is 35.5. The average molecular weight is 301 g/mol. The lowest BCUT2D eigenvalue weighted by atomic mass is 10.2. The zero-order chi connectivity index (χ0) is 14.1. The van der Waals surface area contributed by atoms with Crippen LogP contribution in [-0.4, -0.2) is 17.0 Å². The van der Waals surface area contributed by atoms with Gasteiger partial charge in [-0.15, -0.1) is 11.3 Å². The molecule has 0 N–H and O–H groups in total. The van der Waals surface area contributed by atoms with Crippen LogP contribution < -0.4 is 4.90 Å². The number of nitrogens with zero attached hydrogens (tertiary/aromatic N) is 4. The Morgan fingerprint density at radius 1 is 1.30 bits per heavy atom. The maximum absolute atomic E-state index is 8.98. The van der Waals surface area contributed by atoms with Crippen molar-refractivity contribution >= 4 is 44.7 Å². The van der Waals surface area contributed by atoms with Gasteiger partial charge in [0.1, 0.15) is 10.6 Å². The van der Waals surface area contributed by atoms with E-state index in [1.165, 1.54) is 11.3 Å². The van der Waals surface area contributed by atoms with Gasteiger partial charge < -0.3 is 4.90 Å². The first-order valence-electron chi connectivity index (χ1n) is 5.83. The SMILES string of the molecule is CN(c1cccc(C#N)c1)c1nc(Cl)nc2sccc12. The molecule has 0 amide bonds. The maximum Gasteiger partial charge on any atom is 0.225 e. The van der Waals surface area contributed by atoms with Crippen molar-refractivity contribution in [3.63, 3.8) is 0 Å². The molecule has 0 atom stereocenters. The Labute approximate surface area is 124 Å². The molecule has 0 saturated carbocycles. The van der Waals surface area contributed by atoms with E-state index in [4.69, 9.17) is 16.9 Å². The van der Waals surface area contributed by atoms with E-state index in [1.807, 2.05) is 41.6 Å². The fourth-order valence-electron chi connectivity index (χ4n) is 1.98. The molecule has 0 aliphatic heterocycles. The molecule has 4 nitrogen and oxygen atoms in total. The number of nitriles is 1. The van der Waals surface area contributed by atoms with Gasteiger partial charge in [-0.3, -0.25) is 0 Å². The van der Waals surface area contributed by atoms with E-state index in [2.05, 4.69) is 16.0 Å². The molecule has 0 fully saturated rings. The molecule has 1 aromatic carbocycles. The highest BCUT2D eigenvalue weighted by molar-refractivity contribution is 7.16. The third-order valence-electron chi connectivity index (χ3n) is 2.96. The predicted octanol–water partition coefficient (Wildman–Crippen LogP) is 3.98. The van der Waals surface area contributed by atoms with Crippen LogP contribution in [0.15, 0.2) is 35.7 Å². The van der Waals surface area contributed by atoms with Crippen LogP contribution in [-0.2, 0) is 0 Å². The number of aromatic nitrogens is 2. The zero-order valence-corrected chi connectivity index (χ0v) is 12.1. The normalized spacial score (nSPS) is 10.4. The Balaban J connectivity index is 2.14. The van der Waals surface area contributed by atoms with Crippen LogP contribution in [0.2, 0.25) is 5.28 Å². The molecule has 20 heavy (non-hydrogen) atoms. The van der Waals surface area contributed by atoms with Crippen molar-refractivity contribution in [2.24, 2.45) is 0 Å². The van der Waals surface area contributed by atoms with Gasteiger partial charge in [0.2, 0.25) is 5.28 Å². The number of hydrogen-bond acceptors (Lipinski definition) is 5. The smallest absolute Gasteiger partial charge is 0.225 e. The number of hydrogen-bond donors (Lipinski definition) is 0. The maximum atomic E-state index is 8.98. The number of thiophene rings is 1. The first-order chi connectivity index (χ1) is 9.69. The number of halogens is 1. The molecule has 0 aliphatic rings. The van der Waals surface area contributed by atoms with Gasteiger partial charge in [-0.05, 0) is 41.2 Å². The molecule has 0 unspecified atom stereocenters. The second-order valence-corrected chi connectivity index (χ2v) is 5.41. The summed E-state index contributed by atoms with van der Waals surface area (Å²) in [5.74, 6) is 0.733. The number of rotatable bonds is 2. The quantitative estimate of drug-likeness (QED) is 0.672. The van der Waals surface area contributed by atoms with Gasteiger partial charge in [-0.2, -0.15) is 10.2 Å². The molecule has 98 valence electrons. The number of benzene rings is 1. The molecular weight excluding hydrogens is 292 g/mol. The molecule has 0 aliphatic carbocycles. The average Bonchev–Trinajstić information content (AvgIpc) is 2.93. The summed E-state index contributed by atoms with van der Waals surface area (Å²) in [6.07, 6.45) is 0. The van der Waals surface area contributed by atoms with Crippen LogP contribution >= 0.6 is 22.9 Å². The topological polar surface area (TPSA) is 52.8 Å². The van der Waals surface area contributed by atoms with Gasteiger partial charge in [-0.25, -0.2) is 4.98 Å². The lowest BCUT2D eigenvalue weighted by Gasteiger charge is -2.19. The van der Waals surface area contributed by atoms with Crippen LogP contribution in [0.3, 0.4) is 0 Å². The second-order valence-electron chi connectivity index (χ2n) is 4.18. The van der Waals surface area contributed by atoms with E-state index >= 15 is 0 Å². The Morgan fingerprint density at radius 2 is 2.15 bits per heavy atom. The Hall–Kier alpha value is -2.16. The third-order valence-corrected chi connectivity index (χ3v) is 3.93. The molecule has 2 aromatic heterocycles. The van der Waals surface area contributed by atoms with Gasteiger partial charge in [-0.1, -0.05) is 6.07 Å². The molecule has 3 rings (SSSR count). The van der Waals surface area contributed by atoms with Gasteiger partial charge in [0.15, 0.2) is 0 Å². The summed E-state index contributed by atoms with van der Waals surface area (Å²) in [4.78, 5) is 11.3. The summed E-state index contributed by atoms with van der Waals surface area (Å²) < 4.78 is 0. The molecule has 3 aromatic rings. The first kappa shape index (κ1) is 12.9. The standard InChI is InChI=1S/C14H9ClN4S/c1-19(10-4-2-3-9(7-10)8-16)12-11-5-6-20-13(11)18-14(15)17-12/h2-7H,1H3. The Kier molecular flexibility index (Phi) is 3.26. The highest BCUT2D eigenvalue weighted by Gasteiger charge is 2.13. The van der Waals surface area contributed by atoms with Crippen LogP contribution in [0, 0.1) is 11.3 Å². The van der Waals surface area contributed by atoms with Crippen LogP contribution in [0.1, 0.15) is 5.56 Å². The van der Waals surface area contributed by atoms with E-state index in [0.717, 1.165) is 21.7 Å². The predicted molar refractivity (Wildman–Crippen MR) is 81.6 cm³/mol. The molecule has 0 saturated heterocycles.